The molecule has 2 rings (SSSR count). The lowest BCUT2D eigenvalue weighted by Crippen LogP contribution is -2.45. The van der Waals surface area contributed by atoms with E-state index < -0.39 is 0 Å². The maximum absolute atomic E-state index is 13.2. The number of hydrogen-bond donors (Lipinski definition) is 2. The monoisotopic (exact) mass is 380 g/mol. The molecule has 2 N–H and O–H groups in total. The average Bonchev–Trinajstić information content (AvgIpc) is 2.67. The van der Waals surface area contributed by atoms with Gasteiger partial charge in [0.05, 0.1) is 13.2 Å². The van der Waals surface area contributed by atoms with Gasteiger partial charge in [-0.2, -0.15) is 0 Å². The third-order valence-corrected chi connectivity index (χ3v) is 4.79. The first-order valence-electron chi connectivity index (χ1n) is 9.68. The van der Waals surface area contributed by atoms with Gasteiger partial charge < -0.3 is 25.0 Å². The van der Waals surface area contributed by atoms with Gasteiger partial charge in [-0.3, -0.25) is 4.99 Å². The molecule has 1 saturated heterocycles. The smallest absolute Gasteiger partial charge is 0.191 e. The first-order chi connectivity index (χ1) is 13.1. The number of halogens is 1. The van der Waals surface area contributed by atoms with E-state index in [4.69, 9.17) is 9.47 Å². The highest BCUT2D eigenvalue weighted by Crippen LogP contribution is 2.16. The molecule has 1 atom stereocenters. The molecule has 6 nitrogen and oxygen atoms in total. The Morgan fingerprint density at radius 2 is 2.11 bits per heavy atom. The van der Waals surface area contributed by atoms with E-state index in [0.717, 1.165) is 38.7 Å². The normalized spacial score (nSPS) is 17.6. The van der Waals surface area contributed by atoms with Crippen LogP contribution in [0.25, 0.3) is 0 Å². The van der Waals surface area contributed by atoms with Gasteiger partial charge in [-0.25, -0.2) is 4.39 Å². The van der Waals surface area contributed by atoms with E-state index in [0.29, 0.717) is 18.2 Å². The summed E-state index contributed by atoms with van der Waals surface area (Å²) < 4.78 is 24.1. The average molecular weight is 381 g/mol. The Balaban J connectivity index is 1.64. The topological polar surface area (TPSA) is 58.1 Å². The number of rotatable bonds is 9. The second kappa shape index (κ2) is 11.8. The predicted octanol–water partition coefficient (Wildman–Crippen LogP) is 2.12. The Kier molecular flexibility index (Phi) is 9.35. The van der Waals surface area contributed by atoms with Gasteiger partial charge in [-0.1, -0.05) is 6.07 Å². The summed E-state index contributed by atoms with van der Waals surface area (Å²) in [6, 6.07) is 6.20. The van der Waals surface area contributed by atoms with Gasteiger partial charge in [0.1, 0.15) is 17.7 Å². The van der Waals surface area contributed by atoms with Gasteiger partial charge in [0.2, 0.25) is 0 Å². The van der Waals surface area contributed by atoms with E-state index in [-0.39, 0.29) is 11.9 Å². The summed E-state index contributed by atoms with van der Waals surface area (Å²) in [5.74, 6) is 1.67. The number of hydrogen-bond acceptors (Lipinski definition) is 4. The third-order valence-electron chi connectivity index (χ3n) is 4.79. The number of aliphatic imine (C=N–C) groups is 1. The molecule has 0 aliphatic carbocycles. The lowest BCUT2D eigenvalue weighted by molar-refractivity contribution is 0.121. The zero-order valence-electron chi connectivity index (χ0n) is 16.7. The van der Waals surface area contributed by atoms with Gasteiger partial charge in [-0.15, -0.1) is 0 Å². The van der Waals surface area contributed by atoms with Crippen molar-refractivity contribution in [2.45, 2.75) is 25.9 Å². The van der Waals surface area contributed by atoms with E-state index in [9.17, 15) is 4.39 Å². The van der Waals surface area contributed by atoms with Gasteiger partial charge >= 0.3 is 0 Å². The van der Waals surface area contributed by atoms with E-state index in [2.05, 4.69) is 20.5 Å². The van der Waals surface area contributed by atoms with Crippen molar-refractivity contribution in [3.05, 3.63) is 30.1 Å². The molecule has 1 heterocycles. The minimum absolute atomic E-state index is 0.102. The summed E-state index contributed by atoms with van der Waals surface area (Å²) in [4.78, 5) is 6.73. The summed E-state index contributed by atoms with van der Waals surface area (Å²) in [5.41, 5.74) is 0. The number of benzene rings is 1. The van der Waals surface area contributed by atoms with Crippen LogP contribution in [0.15, 0.2) is 29.3 Å². The fourth-order valence-corrected chi connectivity index (χ4v) is 3.15. The van der Waals surface area contributed by atoms with Gasteiger partial charge in [-0.05, 0) is 50.9 Å². The molecule has 27 heavy (non-hydrogen) atoms. The van der Waals surface area contributed by atoms with Crippen LogP contribution in [0.4, 0.5) is 4.39 Å². The maximum atomic E-state index is 13.2. The SMILES string of the molecule is CN=C(NCC1CCN(CCOC)CC1)NCC(C)Oc1cccc(F)c1. The highest BCUT2D eigenvalue weighted by molar-refractivity contribution is 5.79. The minimum atomic E-state index is -0.293. The Morgan fingerprint density at radius 1 is 1.33 bits per heavy atom. The van der Waals surface area contributed by atoms with Gasteiger partial charge in [0.25, 0.3) is 0 Å². The summed E-state index contributed by atoms with van der Waals surface area (Å²) in [7, 11) is 3.51. The van der Waals surface area contributed by atoms with Crippen LogP contribution in [0.1, 0.15) is 19.8 Å². The first-order valence-corrected chi connectivity index (χ1v) is 9.68. The van der Waals surface area contributed by atoms with Crippen LogP contribution in [0, 0.1) is 11.7 Å². The Labute approximate surface area is 162 Å². The molecule has 0 spiro atoms. The molecule has 152 valence electrons. The molecular weight excluding hydrogens is 347 g/mol. The molecule has 1 fully saturated rings. The molecule has 0 aromatic heterocycles. The van der Waals surface area contributed by atoms with Crippen molar-refractivity contribution < 1.29 is 13.9 Å². The van der Waals surface area contributed by atoms with Gasteiger partial charge in [0.15, 0.2) is 5.96 Å². The summed E-state index contributed by atoms with van der Waals surface area (Å²) in [6.45, 7) is 7.52. The molecule has 0 bridgehead atoms. The van der Waals surface area contributed by atoms with Crippen molar-refractivity contribution in [3.8, 4) is 5.75 Å². The third kappa shape index (κ3) is 8.13. The van der Waals surface area contributed by atoms with Crippen molar-refractivity contribution in [2.24, 2.45) is 10.9 Å². The fourth-order valence-electron chi connectivity index (χ4n) is 3.15. The molecule has 0 amide bonds. The maximum Gasteiger partial charge on any atom is 0.191 e. The Morgan fingerprint density at radius 3 is 2.78 bits per heavy atom. The van der Waals surface area contributed by atoms with Crippen LogP contribution < -0.4 is 15.4 Å². The quantitative estimate of drug-likeness (QED) is 0.508. The minimum Gasteiger partial charge on any atom is -0.489 e. The standard InChI is InChI=1S/C20H33FN4O2/c1-16(27-19-6-4-5-18(21)13-19)14-23-20(22-2)24-15-17-7-9-25(10-8-17)11-12-26-3/h4-6,13,16-17H,7-12,14-15H2,1-3H3,(H2,22,23,24). The largest absolute Gasteiger partial charge is 0.489 e. The Bertz CT molecular complexity index is 577. The van der Waals surface area contributed by atoms with Gasteiger partial charge in [0, 0.05) is 33.3 Å². The van der Waals surface area contributed by atoms with E-state index in [1.807, 2.05) is 6.92 Å². The van der Waals surface area contributed by atoms with E-state index >= 15 is 0 Å². The van der Waals surface area contributed by atoms with Crippen LogP contribution in [0.2, 0.25) is 0 Å². The van der Waals surface area contributed by atoms with E-state index in [1.165, 1.54) is 25.0 Å². The summed E-state index contributed by atoms with van der Waals surface area (Å²) in [5, 5.41) is 6.68. The van der Waals surface area contributed by atoms with Crippen molar-refractivity contribution in [2.75, 3.05) is 53.5 Å². The van der Waals surface area contributed by atoms with Crippen LogP contribution in [0.5, 0.6) is 5.75 Å². The van der Waals surface area contributed by atoms with Crippen LogP contribution >= 0.6 is 0 Å². The number of ether oxygens (including phenoxy) is 2. The number of methoxy groups -OCH3 is 1. The molecular formula is C20H33FN4O2. The van der Waals surface area contributed by atoms with Crippen LogP contribution in [0.3, 0.4) is 0 Å². The van der Waals surface area contributed by atoms with Crippen LogP contribution in [-0.4, -0.2) is 70.5 Å². The lowest BCUT2D eigenvalue weighted by atomic mass is 9.97. The molecule has 1 aromatic rings. The van der Waals surface area contributed by atoms with Crippen molar-refractivity contribution >= 4 is 5.96 Å². The summed E-state index contributed by atoms with van der Waals surface area (Å²) in [6.07, 6.45) is 2.27. The molecule has 1 aromatic carbocycles. The fraction of sp³-hybridized carbons (Fsp3) is 0.650. The second-order valence-corrected chi connectivity index (χ2v) is 7.00. The second-order valence-electron chi connectivity index (χ2n) is 7.00. The molecule has 0 saturated carbocycles. The van der Waals surface area contributed by atoms with Crippen molar-refractivity contribution in [1.29, 1.82) is 0 Å². The molecule has 0 radical (unpaired) electrons. The number of nitrogens with one attached hydrogen (secondary N) is 2. The number of likely N-dealkylation sites (tertiary alicyclic amines) is 1. The van der Waals surface area contributed by atoms with Crippen molar-refractivity contribution in [1.82, 2.24) is 15.5 Å². The van der Waals surface area contributed by atoms with E-state index in [1.54, 1.807) is 26.3 Å². The molecule has 1 unspecified atom stereocenters. The predicted molar refractivity (Wildman–Crippen MR) is 107 cm³/mol. The molecule has 7 heteroatoms. The lowest BCUT2D eigenvalue weighted by Gasteiger charge is -2.32. The molecule has 1 aliphatic rings. The zero-order valence-corrected chi connectivity index (χ0v) is 16.7. The van der Waals surface area contributed by atoms with Crippen molar-refractivity contribution in [3.63, 3.8) is 0 Å². The number of piperidine rings is 1. The number of nitrogens with zero attached hydrogens (tertiary/aromatic N) is 2. The highest BCUT2D eigenvalue weighted by Gasteiger charge is 2.19. The van der Waals surface area contributed by atoms with Crippen LogP contribution in [-0.2, 0) is 4.74 Å². The highest BCUT2D eigenvalue weighted by atomic mass is 19.1. The molecule has 1 aliphatic heterocycles. The Hall–Kier alpha value is -1.86. The zero-order chi connectivity index (χ0) is 19.5. The first kappa shape index (κ1) is 21.4. The number of guanidine groups is 1. The summed E-state index contributed by atoms with van der Waals surface area (Å²) >= 11 is 0.